The highest BCUT2D eigenvalue weighted by Gasteiger charge is 2.58. The second-order valence-electron chi connectivity index (χ2n) is 4.03. The molecule has 2 rings (SSSR count). The van der Waals surface area contributed by atoms with Crippen LogP contribution in [0.2, 0.25) is 0 Å². The van der Waals surface area contributed by atoms with Crippen molar-refractivity contribution in [2.24, 2.45) is 0 Å². The van der Waals surface area contributed by atoms with Crippen LogP contribution in [0.5, 0.6) is 0 Å². The highest BCUT2D eigenvalue weighted by Crippen LogP contribution is 2.47. The van der Waals surface area contributed by atoms with E-state index in [-0.39, 0.29) is 0 Å². The molecule has 5 heteroatoms. The molecule has 0 aromatic heterocycles. The Bertz CT molecular complexity index is 548. The summed E-state index contributed by atoms with van der Waals surface area (Å²) in [5.41, 5.74) is -4.37. The molecule has 0 aliphatic heterocycles. The van der Waals surface area contributed by atoms with Gasteiger partial charge < -0.3 is 0 Å². The molecule has 0 heterocycles. The summed E-state index contributed by atoms with van der Waals surface area (Å²) >= 11 is 3.12. The van der Waals surface area contributed by atoms with Crippen LogP contribution in [-0.4, -0.2) is 6.18 Å². The van der Waals surface area contributed by atoms with Crippen molar-refractivity contribution in [1.82, 2.24) is 0 Å². The van der Waals surface area contributed by atoms with E-state index in [1.165, 1.54) is 24.3 Å². The van der Waals surface area contributed by atoms with E-state index in [2.05, 4.69) is 15.9 Å². The number of alkyl halides is 4. The van der Waals surface area contributed by atoms with Gasteiger partial charge >= 0.3 is 6.18 Å². The average Bonchev–Trinajstić information content (AvgIpc) is 2.38. The quantitative estimate of drug-likeness (QED) is 0.661. The van der Waals surface area contributed by atoms with Crippen molar-refractivity contribution in [3.05, 3.63) is 70.2 Å². The van der Waals surface area contributed by atoms with E-state index in [1.54, 1.807) is 6.07 Å². The molecule has 100 valence electrons. The van der Waals surface area contributed by atoms with Gasteiger partial charge in [-0.25, -0.2) is 4.39 Å². The Hall–Kier alpha value is -1.36. The fourth-order valence-corrected chi connectivity index (χ4v) is 2.11. The number of rotatable bonds is 2. The molecule has 0 radical (unpaired) electrons. The SMILES string of the molecule is FC(F)(F)C(F)(c1ccccc1)c1ccc(Br)cc1. The fourth-order valence-electron chi connectivity index (χ4n) is 1.84. The zero-order valence-electron chi connectivity index (χ0n) is 9.59. The molecule has 0 saturated carbocycles. The van der Waals surface area contributed by atoms with Crippen molar-refractivity contribution in [3.63, 3.8) is 0 Å². The highest BCUT2D eigenvalue weighted by atomic mass is 79.9. The molecule has 0 fully saturated rings. The van der Waals surface area contributed by atoms with Gasteiger partial charge in [0.05, 0.1) is 0 Å². The molecular formula is C14H9BrF4. The van der Waals surface area contributed by atoms with E-state index in [0.717, 1.165) is 24.3 Å². The Balaban J connectivity index is 2.63. The maximum atomic E-state index is 14.8. The molecule has 2 aromatic carbocycles. The minimum atomic E-state index is -5.03. The zero-order chi connectivity index (χ0) is 14.1. The van der Waals surface area contributed by atoms with Gasteiger partial charge in [0.2, 0.25) is 0 Å². The first kappa shape index (κ1) is 14.1. The lowest BCUT2D eigenvalue weighted by molar-refractivity contribution is -0.219. The second-order valence-corrected chi connectivity index (χ2v) is 4.94. The molecule has 0 bridgehead atoms. The topological polar surface area (TPSA) is 0 Å². The summed E-state index contributed by atoms with van der Waals surface area (Å²) < 4.78 is 54.9. The minimum absolute atomic E-state index is 0.426. The van der Waals surface area contributed by atoms with Crippen molar-refractivity contribution in [2.45, 2.75) is 11.8 Å². The van der Waals surface area contributed by atoms with Crippen LogP contribution in [0, 0.1) is 0 Å². The van der Waals surface area contributed by atoms with E-state index < -0.39 is 23.0 Å². The van der Waals surface area contributed by atoms with Crippen molar-refractivity contribution >= 4 is 15.9 Å². The first-order chi connectivity index (χ1) is 8.85. The van der Waals surface area contributed by atoms with Gasteiger partial charge in [-0.15, -0.1) is 0 Å². The Morgan fingerprint density at radius 1 is 0.684 bits per heavy atom. The van der Waals surface area contributed by atoms with E-state index in [4.69, 9.17) is 0 Å². The minimum Gasteiger partial charge on any atom is -0.223 e. The maximum Gasteiger partial charge on any atom is 0.431 e. The number of hydrogen-bond donors (Lipinski definition) is 0. The van der Waals surface area contributed by atoms with Crippen molar-refractivity contribution in [1.29, 1.82) is 0 Å². The summed E-state index contributed by atoms with van der Waals surface area (Å²) in [5.74, 6) is 0. The van der Waals surface area contributed by atoms with Gasteiger partial charge in [-0.05, 0) is 12.1 Å². The van der Waals surface area contributed by atoms with Crippen LogP contribution < -0.4 is 0 Å². The summed E-state index contributed by atoms with van der Waals surface area (Å²) in [6.45, 7) is 0. The predicted molar refractivity (Wildman–Crippen MR) is 68.5 cm³/mol. The summed E-state index contributed by atoms with van der Waals surface area (Å²) in [7, 11) is 0. The fraction of sp³-hybridized carbons (Fsp3) is 0.143. The van der Waals surface area contributed by atoms with E-state index in [9.17, 15) is 17.6 Å². The molecule has 1 atom stereocenters. The van der Waals surface area contributed by atoms with Crippen LogP contribution in [0.1, 0.15) is 11.1 Å². The standard InChI is InChI=1S/C14H9BrF4/c15-12-8-6-11(7-9-12)13(16,14(17,18)19)10-4-2-1-3-5-10/h1-9H. The Morgan fingerprint density at radius 2 is 1.16 bits per heavy atom. The lowest BCUT2D eigenvalue weighted by Crippen LogP contribution is -2.39. The molecule has 2 aromatic rings. The third-order valence-electron chi connectivity index (χ3n) is 2.80. The predicted octanol–water partition coefficient (Wildman–Crippen LogP) is 5.22. The first-order valence-corrected chi connectivity index (χ1v) is 6.22. The van der Waals surface area contributed by atoms with Crippen LogP contribution in [0.3, 0.4) is 0 Å². The summed E-state index contributed by atoms with van der Waals surface area (Å²) in [6, 6.07) is 11.6. The average molecular weight is 333 g/mol. The van der Waals surface area contributed by atoms with Gasteiger partial charge in [-0.2, -0.15) is 13.2 Å². The molecule has 0 N–H and O–H groups in total. The first-order valence-electron chi connectivity index (χ1n) is 5.43. The summed E-state index contributed by atoms with van der Waals surface area (Å²) in [6.07, 6.45) is -5.03. The van der Waals surface area contributed by atoms with Crippen molar-refractivity contribution < 1.29 is 17.6 Å². The molecule has 0 spiro atoms. The van der Waals surface area contributed by atoms with Crippen LogP contribution in [0.4, 0.5) is 17.6 Å². The Kier molecular flexibility index (Phi) is 3.67. The molecule has 0 aliphatic carbocycles. The lowest BCUT2D eigenvalue weighted by atomic mass is 9.87. The van der Waals surface area contributed by atoms with Gasteiger partial charge in [0.25, 0.3) is 5.67 Å². The molecule has 0 saturated heterocycles. The summed E-state index contributed by atoms with van der Waals surface area (Å²) in [4.78, 5) is 0. The van der Waals surface area contributed by atoms with Crippen LogP contribution >= 0.6 is 15.9 Å². The highest BCUT2D eigenvalue weighted by molar-refractivity contribution is 9.10. The third-order valence-corrected chi connectivity index (χ3v) is 3.33. The molecule has 19 heavy (non-hydrogen) atoms. The monoisotopic (exact) mass is 332 g/mol. The smallest absolute Gasteiger partial charge is 0.223 e. The van der Waals surface area contributed by atoms with Gasteiger partial charge in [0.1, 0.15) is 0 Å². The molecular weight excluding hydrogens is 324 g/mol. The number of benzene rings is 2. The van der Waals surface area contributed by atoms with Gasteiger partial charge in [0.15, 0.2) is 0 Å². The molecule has 1 unspecified atom stereocenters. The molecule has 0 aliphatic rings. The Labute approximate surface area is 116 Å². The molecule has 0 amide bonds. The van der Waals surface area contributed by atoms with Crippen LogP contribution in [0.15, 0.2) is 59.1 Å². The van der Waals surface area contributed by atoms with Gasteiger partial charge in [-0.1, -0.05) is 58.4 Å². The van der Waals surface area contributed by atoms with E-state index in [0.29, 0.717) is 4.47 Å². The molecule has 0 nitrogen and oxygen atoms in total. The normalized spacial score (nSPS) is 15.0. The third kappa shape index (κ3) is 2.52. The number of hydrogen-bond acceptors (Lipinski definition) is 0. The maximum absolute atomic E-state index is 14.8. The largest absolute Gasteiger partial charge is 0.431 e. The van der Waals surface area contributed by atoms with Gasteiger partial charge in [0, 0.05) is 15.6 Å². The lowest BCUT2D eigenvalue weighted by Gasteiger charge is -2.29. The van der Waals surface area contributed by atoms with Gasteiger partial charge in [-0.3, -0.25) is 0 Å². The summed E-state index contributed by atoms with van der Waals surface area (Å²) in [5, 5.41) is 0. The second kappa shape index (κ2) is 4.96. The zero-order valence-corrected chi connectivity index (χ0v) is 11.2. The van der Waals surface area contributed by atoms with E-state index >= 15 is 0 Å². The Morgan fingerprint density at radius 3 is 1.63 bits per heavy atom. The van der Waals surface area contributed by atoms with Crippen LogP contribution in [-0.2, 0) is 5.67 Å². The number of halogens is 5. The van der Waals surface area contributed by atoms with Crippen LogP contribution in [0.25, 0.3) is 0 Å². The van der Waals surface area contributed by atoms with E-state index in [1.807, 2.05) is 0 Å². The van der Waals surface area contributed by atoms with Crippen molar-refractivity contribution in [2.75, 3.05) is 0 Å². The van der Waals surface area contributed by atoms with Crippen molar-refractivity contribution in [3.8, 4) is 0 Å².